The molecule has 0 spiro atoms. The minimum atomic E-state index is -0.758. The summed E-state index contributed by atoms with van der Waals surface area (Å²) in [6.07, 6.45) is 1.38. The highest BCUT2D eigenvalue weighted by Gasteiger charge is 2.41. The minimum absolute atomic E-state index is 0.0325. The van der Waals surface area contributed by atoms with E-state index in [1.54, 1.807) is 0 Å². The number of hydrogen-bond acceptors (Lipinski definition) is 5. The monoisotopic (exact) mass is 294 g/mol. The van der Waals surface area contributed by atoms with Crippen LogP contribution in [0.2, 0.25) is 0 Å². The van der Waals surface area contributed by atoms with E-state index in [2.05, 4.69) is 0 Å². The molecular formula is C16H22O5. The summed E-state index contributed by atoms with van der Waals surface area (Å²) in [6, 6.07) is 7.89. The van der Waals surface area contributed by atoms with Gasteiger partial charge in [0.25, 0.3) is 0 Å². The number of rotatable bonds is 7. The van der Waals surface area contributed by atoms with Crippen molar-refractivity contribution >= 4 is 5.97 Å². The summed E-state index contributed by atoms with van der Waals surface area (Å²) in [5.74, 6) is -0.299. The number of esters is 1. The Morgan fingerprint density at radius 1 is 1.33 bits per heavy atom. The molecule has 21 heavy (non-hydrogen) atoms. The van der Waals surface area contributed by atoms with Crippen LogP contribution in [0.5, 0.6) is 0 Å². The van der Waals surface area contributed by atoms with Crippen molar-refractivity contribution in [3.8, 4) is 0 Å². The van der Waals surface area contributed by atoms with E-state index in [0.29, 0.717) is 13.0 Å². The van der Waals surface area contributed by atoms with E-state index >= 15 is 0 Å². The molecule has 1 aliphatic heterocycles. The number of carbonyl (C=O) groups excluding carboxylic acids is 1. The standard InChI is InChI=1S/C16H22O5/c1-11-4-6-13(7-5-11)16(3,21-18)9-8-14-15(20-14)10-19-12(2)17/h4-7,14-15,18H,8-10H2,1-3H3. The van der Waals surface area contributed by atoms with Gasteiger partial charge < -0.3 is 9.47 Å². The molecule has 1 saturated heterocycles. The molecule has 1 heterocycles. The molecule has 0 radical (unpaired) electrons. The zero-order valence-corrected chi connectivity index (χ0v) is 12.7. The third kappa shape index (κ3) is 4.27. The molecule has 1 fully saturated rings. The Balaban J connectivity index is 1.85. The first-order chi connectivity index (χ1) is 9.94. The third-order valence-electron chi connectivity index (χ3n) is 3.91. The van der Waals surface area contributed by atoms with Crippen molar-refractivity contribution in [1.82, 2.24) is 0 Å². The largest absolute Gasteiger partial charge is 0.463 e. The maximum atomic E-state index is 10.7. The van der Waals surface area contributed by atoms with Crippen LogP contribution in [0.25, 0.3) is 0 Å². The van der Waals surface area contributed by atoms with Gasteiger partial charge in [-0.3, -0.25) is 10.1 Å². The van der Waals surface area contributed by atoms with E-state index in [-0.39, 0.29) is 18.2 Å². The maximum absolute atomic E-state index is 10.7. The number of benzene rings is 1. The summed E-state index contributed by atoms with van der Waals surface area (Å²) >= 11 is 0. The fourth-order valence-corrected chi connectivity index (χ4v) is 2.35. The van der Waals surface area contributed by atoms with Crippen LogP contribution in [0.1, 0.15) is 37.8 Å². The lowest BCUT2D eigenvalue weighted by atomic mass is 9.89. The zero-order valence-electron chi connectivity index (χ0n) is 12.7. The average Bonchev–Trinajstić information content (AvgIpc) is 3.22. The molecule has 0 aliphatic carbocycles. The number of hydrogen-bond donors (Lipinski definition) is 1. The van der Waals surface area contributed by atoms with Gasteiger partial charge in [0.2, 0.25) is 0 Å². The second kappa shape index (κ2) is 6.56. The number of aryl methyl sites for hydroxylation is 1. The van der Waals surface area contributed by atoms with Gasteiger partial charge in [-0.05, 0) is 32.3 Å². The van der Waals surface area contributed by atoms with Crippen molar-refractivity contribution in [3.05, 3.63) is 35.4 Å². The Labute approximate surface area is 124 Å². The Bertz CT molecular complexity index is 484. The van der Waals surface area contributed by atoms with Crippen molar-refractivity contribution in [2.24, 2.45) is 0 Å². The van der Waals surface area contributed by atoms with Crippen LogP contribution in [-0.2, 0) is 24.8 Å². The van der Waals surface area contributed by atoms with Crippen molar-refractivity contribution in [1.29, 1.82) is 0 Å². The SMILES string of the molecule is CC(=O)OCC1OC1CCC(C)(OO)c1ccc(C)cc1. The van der Waals surface area contributed by atoms with Crippen LogP contribution in [-0.4, -0.2) is 30.0 Å². The molecule has 3 unspecified atom stereocenters. The normalized spacial score (nSPS) is 23.4. The number of ether oxygens (including phenoxy) is 2. The summed E-state index contributed by atoms with van der Waals surface area (Å²) in [5, 5.41) is 9.27. The lowest BCUT2D eigenvalue weighted by Gasteiger charge is -2.26. The van der Waals surface area contributed by atoms with Gasteiger partial charge in [-0.1, -0.05) is 29.8 Å². The quantitative estimate of drug-likeness (QED) is 0.362. The molecule has 1 aliphatic rings. The molecule has 0 bridgehead atoms. The summed E-state index contributed by atoms with van der Waals surface area (Å²) in [7, 11) is 0. The van der Waals surface area contributed by atoms with Crippen LogP contribution >= 0.6 is 0 Å². The van der Waals surface area contributed by atoms with Gasteiger partial charge in [0, 0.05) is 6.92 Å². The maximum Gasteiger partial charge on any atom is 0.302 e. The fraction of sp³-hybridized carbons (Fsp3) is 0.562. The highest BCUT2D eigenvalue weighted by Crippen LogP contribution is 2.35. The van der Waals surface area contributed by atoms with Gasteiger partial charge >= 0.3 is 5.97 Å². The molecule has 5 heteroatoms. The Hall–Kier alpha value is -1.43. The van der Waals surface area contributed by atoms with Crippen LogP contribution in [0.4, 0.5) is 0 Å². The Morgan fingerprint density at radius 3 is 2.57 bits per heavy atom. The molecule has 2 rings (SSSR count). The van der Waals surface area contributed by atoms with Crippen molar-refractivity contribution in [3.63, 3.8) is 0 Å². The summed E-state index contributed by atoms with van der Waals surface area (Å²) in [5.41, 5.74) is 1.32. The van der Waals surface area contributed by atoms with Gasteiger partial charge in [0.1, 0.15) is 18.3 Å². The highest BCUT2D eigenvalue weighted by molar-refractivity contribution is 5.65. The van der Waals surface area contributed by atoms with Crippen LogP contribution in [0, 0.1) is 6.92 Å². The first-order valence-electron chi connectivity index (χ1n) is 7.13. The molecule has 0 aromatic heterocycles. The van der Waals surface area contributed by atoms with E-state index in [4.69, 9.17) is 14.4 Å². The van der Waals surface area contributed by atoms with Crippen LogP contribution in [0.3, 0.4) is 0 Å². The Morgan fingerprint density at radius 2 is 2.00 bits per heavy atom. The van der Waals surface area contributed by atoms with E-state index < -0.39 is 5.60 Å². The minimum Gasteiger partial charge on any atom is -0.463 e. The first kappa shape index (κ1) is 15.9. The first-order valence-corrected chi connectivity index (χ1v) is 7.13. The molecular weight excluding hydrogens is 272 g/mol. The molecule has 1 aromatic rings. The van der Waals surface area contributed by atoms with E-state index in [0.717, 1.165) is 17.5 Å². The predicted octanol–water partition coefficient (Wildman–Crippen LogP) is 2.81. The molecule has 116 valence electrons. The van der Waals surface area contributed by atoms with Gasteiger partial charge in [0.05, 0.1) is 6.10 Å². The summed E-state index contributed by atoms with van der Waals surface area (Å²) in [6.45, 7) is 5.53. The zero-order chi connectivity index (χ0) is 15.5. The average molecular weight is 294 g/mol. The van der Waals surface area contributed by atoms with Gasteiger partial charge in [-0.25, -0.2) is 4.89 Å². The number of epoxide rings is 1. The third-order valence-corrected chi connectivity index (χ3v) is 3.91. The molecule has 0 amide bonds. The van der Waals surface area contributed by atoms with Crippen molar-refractivity contribution < 1.29 is 24.4 Å². The lowest BCUT2D eigenvalue weighted by molar-refractivity contribution is -0.326. The van der Waals surface area contributed by atoms with Crippen molar-refractivity contribution in [2.75, 3.05) is 6.61 Å². The summed E-state index contributed by atoms with van der Waals surface area (Å²) < 4.78 is 10.4. The fourth-order valence-electron chi connectivity index (χ4n) is 2.35. The smallest absolute Gasteiger partial charge is 0.302 e. The van der Waals surface area contributed by atoms with Crippen molar-refractivity contribution in [2.45, 2.75) is 51.4 Å². The van der Waals surface area contributed by atoms with Crippen LogP contribution in [0.15, 0.2) is 24.3 Å². The van der Waals surface area contributed by atoms with Crippen LogP contribution < -0.4 is 0 Å². The Kier molecular flexibility index (Phi) is 4.98. The topological polar surface area (TPSA) is 68.3 Å². The second-order valence-corrected chi connectivity index (χ2v) is 5.74. The van der Waals surface area contributed by atoms with Gasteiger partial charge in [-0.2, -0.15) is 0 Å². The molecule has 5 nitrogen and oxygen atoms in total. The molecule has 1 aromatic carbocycles. The van der Waals surface area contributed by atoms with Gasteiger partial charge in [0.15, 0.2) is 0 Å². The van der Waals surface area contributed by atoms with E-state index in [1.165, 1.54) is 6.92 Å². The van der Waals surface area contributed by atoms with E-state index in [1.807, 2.05) is 38.1 Å². The van der Waals surface area contributed by atoms with Gasteiger partial charge in [-0.15, -0.1) is 0 Å². The molecule has 0 saturated carbocycles. The lowest BCUT2D eigenvalue weighted by Crippen LogP contribution is -2.25. The summed E-state index contributed by atoms with van der Waals surface area (Å²) in [4.78, 5) is 15.5. The second-order valence-electron chi connectivity index (χ2n) is 5.74. The molecule has 3 atom stereocenters. The number of carbonyl (C=O) groups is 1. The van der Waals surface area contributed by atoms with E-state index in [9.17, 15) is 10.1 Å². The highest BCUT2D eigenvalue weighted by atomic mass is 17.1. The molecule has 1 N–H and O–H groups in total. The predicted molar refractivity (Wildman–Crippen MR) is 76.8 cm³/mol.